The molecule has 1 rings (SSSR count). The van der Waals surface area contributed by atoms with Gasteiger partial charge in [0, 0.05) is 0 Å². The molecule has 0 aromatic carbocycles. The van der Waals surface area contributed by atoms with E-state index in [1.807, 2.05) is 20.8 Å². The summed E-state index contributed by atoms with van der Waals surface area (Å²) in [5, 5.41) is 0. The highest BCUT2D eigenvalue weighted by Gasteiger charge is 2.61. The first kappa shape index (κ1) is 9.52. The first-order chi connectivity index (χ1) is 5.71. The molecule has 3 nitrogen and oxygen atoms in total. The van der Waals surface area contributed by atoms with Crippen molar-refractivity contribution >= 4 is 5.97 Å². The quantitative estimate of drug-likeness (QED) is 0.476. The van der Waals surface area contributed by atoms with E-state index in [0.29, 0.717) is 13.0 Å². The van der Waals surface area contributed by atoms with Crippen LogP contribution in [0.4, 0.5) is 0 Å². The molecule has 1 fully saturated rings. The zero-order valence-corrected chi connectivity index (χ0v) is 7.92. The fraction of sp³-hybridized carbons (Fsp3) is 0.889. The number of ether oxygens (including phenoxy) is 2. The molecular weight excluding hydrogens is 156 g/mol. The predicted octanol–water partition coefficient (Wildman–Crippen LogP) is 1.51. The molecule has 2 atom stereocenters. The highest BCUT2D eigenvalue weighted by Crippen LogP contribution is 2.42. The minimum absolute atomic E-state index is 0.0848. The third kappa shape index (κ3) is 1.33. The lowest BCUT2D eigenvalue weighted by Gasteiger charge is -2.08. The van der Waals surface area contributed by atoms with Crippen molar-refractivity contribution in [2.45, 2.75) is 45.3 Å². The molecule has 1 aliphatic rings. The van der Waals surface area contributed by atoms with Crippen molar-refractivity contribution in [2.24, 2.45) is 0 Å². The zero-order chi connectivity index (χ0) is 9.19. The summed E-state index contributed by atoms with van der Waals surface area (Å²) in [4.78, 5) is 11.4. The van der Waals surface area contributed by atoms with Crippen molar-refractivity contribution in [1.29, 1.82) is 0 Å². The maximum absolute atomic E-state index is 11.4. The van der Waals surface area contributed by atoms with Crippen molar-refractivity contribution in [2.75, 3.05) is 6.61 Å². The number of esters is 1. The van der Waals surface area contributed by atoms with Crippen LogP contribution in [0.2, 0.25) is 0 Å². The Balaban J connectivity index is 2.53. The van der Waals surface area contributed by atoms with Crippen LogP contribution in [0, 0.1) is 0 Å². The van der Waals surface area contributed by atoms with Crippen molar-refractivity contribution in [3.63, 3.8) is 0 Å². The van der Waals surface area contributed by atoms with E-state index in [4.69, 9.17) is 9.47 Å². The van der Waals surface area contributed by atoms with Gasteiger partial charge in [-0.1, -0.05) is 13.8 Å². The molecule has 3 heteroatoms. The van der Waals surface area contributed by atoms with Gasteiger partial charge in [-0.05, 0) is 19.8 Å². The van der Waals surface area contributed by atoms with E-state index in [1.165, 1.54) is 0 Å². The molecular formula is C9H16O3. The lowest BCUT2D eigenvalue weighted by Crippen LogP contribution is -2.28. The zero-order valence-electron chi connectivity index (χ0n) is 7.92. The number of carbonyl (C=O) groups excluding carboxylic acids is 1. The van der Waals surface area contributed by atoms with E-state index < -0.39 is 5.60 Å². The van der Waals surface area contributed by atoms with E-state index in [0.717, 1.165) is 6.42 Å². The molecule has 0 amide bonds. The van der Waals surface area contributed by atoms with Gasteiger partial charge in [-0.25, -0.2) is 4.79 Å². The van der Waals surface area contributed by atoms with Crippen LogP contribution in [0.15, 0.2) is 0 Å². The van der Waals surface area contributed by atoms with Gasteiger partial charge in [0.25, 0.3) is 0 Å². The number of carbonyl (C=O) groups is 1. The molecule has 1 aliphatic heterocycles. The third-order valence-electron chi connectivity index (χ3n) is 2.33. The van der Waals surface area contributed by atoms with Crippen molar-refractivity contribution < 1.29 is 14.3 Å². The van der Waals surface area contributed by atoms with E-state index in [9.17, 15) is 4.79 Å². The standard InChI is InChI=1S/C9H16O3/c1-4-7-9(5-2,12-7)8(10)11-6-3/h7H,4-6H2,1-3H3. The average Bonchev–Trinajstić information content (AvgIpc) is 2.80. The molecule has 2 unspecified atom stereocenters. The fourth-order valence-corrected chi connectivity index (χ4v) is 1.52. The first-order valence-electron chi connectivity index (χ1n) is 4.56. The SMILES string of the molecule is CCOC(=O)C1(CC)OC1CC. The largest absolute Gasteiger partial charge is 0.464 e. The molecule has 1 heterocycles. The second-order valence-electron chi connectivity index (χ2n) is 2.98. The maximum Gasteiger partial charge on any atom is 0.341 e. The Hall–Kier alpha value is -0.570. The Morgan fingerprint density at radius 3 is 2.50 bits per heavy atom. The van der Waals surface area contributed by atoms with Gasteiger partial charge in [0.2, 0.25) is 0 Å². The Morgan fingerprint density at radius 1 is 1.50 bits per heavy atom. The van der Waals surface area contributed by atoms with Gasteiger partial charge in [0.15, 0.2) is 5.60 Å². The van der Waals surface area contributed by atoms with E-state index in [1.54, 1.807) is 0 Å². The third-order valence-corrected chi connectivity index (χ3v) is 2.33. The minimum Gasteiger partial charge on any atom is -0.464 e. The van der Waals surface area contributed by atoms with Crippen LogP contribution in [0.5, 0.6) is 0 Å². The summed E-state index contributed by atoms with van der Waals surface area (Å²) in [5.41, 5.74) is -0.592. The van der Waals surface area contributed by atoms with Crippen molar-refractivity contribution in [3.05, 3.63) is 0 Å². The van der Waals surface area contributed by atoms with Gasteiger partial charge in [0.05, 0.1) is 12.7 Å². The van der Waals surface area contributed by atoms with Gasteiger partial charge in [-0.2, -0.15) is 0 Å². The van der Waals surface area contributed by atoms with E-state index in [2.05, 4.69) is 0 Å². The van der Waals surface area contributed by atoms with Crippen LogP contribution in [0.1, 0.15) is 33.6 Å². The van der Waals surface area contributed by atoms with Crippen molar-refractivity contribution in [1.82, 2.24) is 0 Å². The molecule has 70 valence electrons. The van der Waals surface area contributed by atoms with Gasteiger partial charge < -0.3 is 9.47 Å². The summed E-state index contributed by atoms with van der Waals surface area (Å²) >= 11 is 0. The van der Waals surface area contributed by atoms with Crippen LogP contribution in [-0.2, 0) is 14.3 Å². The summed E-state index contributed by atoms with van der Waals surface area (Å²) in [5.74, 6) is -0.195. The van der Waals surface area contributed by atoms with E-state index >= 15 is 0 Å². The number of hydrogen-bond donors (Lipinski definition) is 0. The Morgan fingerprint density at radius 2 is 2.17 bits per heavy atom. The minimum atomic E-state index is -0.592. The molecule has 0 radical (unpaired) electrons. The van der Waals surface area contributed by atoms with Gasteiger partial charge in [0.1, 0.15) is 0 Å². The molecule has 0 N–H and O–H groups in total. The Kier molecular flexibility index (Phi) is 2.73. The van der Waals surface area contributed by atoms with Crippen molar-refractivity contribution in [3.8, 4) is 0 Å². The molecule has 12 heavy (non-hydrogen) atoms. The normalized spacial score (nSPS) is 33.1. The predicted molar refractivity (Wildman–Crippen MR) is 44.8 cm³/mol. The second kappa shape index (κ2) is 3.44. The van der Waals surface area contributed by atoms with Gasteiger partial charge in [-0.3, -0.25) is 0 Å². The second-order valence-corrected chi connectivity index (χ2v) is 2.98. The molecule has 1 saturated heterocycles. The van der Waals surface area contributed by atoms with Crippen LogP contribution >= 0.6 is 0 Å². The molecule has 0 aromatic rings. The van der Waals surface area contributed by atoms with E-state index in [-0.39, 0.29) is 12.1 Å². The fourth-order valence-electron chi connectivity index (χ4n) is 1.52. The Labute approximate surface area is 73.0 Å². The molecule has 0 aromatic heterocycles. The Bertz CT molecular complexity index is 179. The van der Waals surface area contributed by atoms with Crippen LogP contribution in [0.3, 0.4) is 0 Å². The summed E-state index contributed by atoms with van der Waals surface area (Å²) in [6, 6.07) is 0. The molecule has 0 aliphatic carbocycles. The highest BCUT2D eigenvalue weighted by molar-refractivity contribution is 5.83. The molecule has 0 saturated carbocycles. The van der Waals surface area contributed by atoms with Gasteiger partial charge in [-0.15, -0.1) is 0 Å². The molecule has 0 spiro atoms. The summed E-state index contributed by atoms with van der Waals surface area (Å²) < 4.78 is 10.3. The summed E-state index contributed by atoms with van der Waals surface area (Å²) in [6.07, 6.45) is 1.68. The lowest BCUT2D eigenvalue weighted by atomic mass is 10.0. The van der Waals surface area contributed by atoms with Crippen LogP contribution < -0.4 is 0 Å². The number of epoxide rings is 1. The highest BCUT2D eigenvalue weighted by atomic mass is 16.7. The average molecular weight is 172 g/mol. The lowest BCUT2D eigenvalue weighted by molar-refractivity contribution is -0.149. The smallest absolute Gasteiger partial charge is 0.341 e. The summed E-state index contributed by atoms with van der Waals surface area (Å²) in [6.45, 7) is 6.21. The van der Waals surface area contributed by atoms with Crippen LogP contribution in [-0.4, -0.2) is 24.3 Å². The maximum atomic E-state index is 11.4. The number of rotatable bonds is 4. The molecule has 0 bridgehead atoms. The first-order valence-corrected chi connectivity index (χ1v) is 4.56. The topological polar surface area (TPSA) is 38.8 Å². The number of hydrogen-bond acceptors (Lipinski definition) is 3. The summed E-state index contributed by atoms with van der Waals surface area (Å²) in [7, 11) is 0. The van der Waals surface area contributed by atoms with Gasteiger partial charge >= 0.3 is 5.97 Å². The monoisotopic (exact) mass is 172 g/mol. The van der Waals surface area contributed by atoms with Crippen LogP contribution in [0.25, 0.3) is 0 Å².